The number of benzene rings is 1. The molecular weight excluding hydrogens is 217 g/mol. The summed E-state index contributed by atoms with van der Waals surface area (Å²) in [6.07, 6.45) is -4.90. The number of halogens is 4. The van der Waals surface area contributed by atoms with E-state index in [4.69, 9.17) is 11.6 Å². The molecule has 0 unspecified atom stereocenters. The molecule has 0 radical (unpaired) electrons. The first kappa shape index (κ1) is 11.0. The van der Waals surface area contributed by atoms with Crippen molar-refractivity contribution in [2.24, 2.45) is 0 Å². The Hall–Kier alpha value is -1.03. The molecule has 0 heterocycles. The van der Waals surface area contributed by atoms with Gasteiger partial charge in [-0.05, 0) is 23.8 Å². The van der Waals surface area contributed by atoms with Crippen LogP contribution in [0.2, 0.25) is 5.02 Å². The zero-order valence-corrected chi connectivity index (χ0v) is 7.69. The summed E-state index contributed by atoms with van der Waals surface area (Å²) in [6, 6.07) is 3.68. The van der Waals surface area contributed by atoms with Crippen LogP contribution in [0.3, 0.4) is 0 Å². The van der Waals surface area contributed by atoms with Crippen molar-refractivity contribution in [1.82, 2.24) is 0 Å². The van der Waals surface area contributed by atoms with Gasteiger partial charge in [-0.2, -0.15) is 13.2 Å². The third-order valence-corrected chi connectivity index (χ3v) is 1.74. The smallest absolute Gasteiger partial charge is 0.298 e. The van der Waals surface area contributed by atoms with Gasteiger partial charge in [0.25, 0.3) is 0 Å². The number of hydrogen-bond donors (Lipinski definition) is 0. The van der Waals surface area contributed by atoms with E-state index in [2.05, 4.69) is 0 Å². The molecule has 0 aromatic heterocycles. The number of carbonyl (C=O) groups is 1. The lowest BCUT2D eigenvalue weighted by Crippen LogP contribution is -2.11. The zero-order valence-electron chi connectivity index (χ0n) is 6.94. The van der Waals surface area contributed by atoms with E-state index in [9.17, 15) is 18.0 Å². The average molecular weight is 223 g/mol. The fourth-order valence-electron chi connectivity index (χ4n) is 1.08. The minimum Gasteiger partial charge on any atom is -0.298 e. The Morgan fingerprint density at radius 2 is 1.93 bits per heavy atom. The van der Waals surface area contributed by atoms with Gasteiger partial charge in [-0.3, -0.25) is 4.79 Å². The Balaban J connectivity index is 2.98. The molecule has 76 valence electrons. The second kappa shape index (κ2) is 4.00. The molecular formula is C9H6ClF3O. The number of aldehydes is 1. The van der Waals surface area contributed by atoms with Gasteiger partial charge >= 0.3 is 6.18 Å². The molecule has 0 aliphatic carbocycles. The maximum absolute atomic E-state index is 12.0. The third-order valence-electron chi connectivity index (χ3n) is 1.52. The second-order valence-electron chi connectivity index (χ2n) is 2.80. The molecule has 1 rings (SSSR count). The van der Waals surface area contributed by atoms with Crippen LogP contribution in [0.1, 0.15) is 15.9 Å². The van der Waals surface area contributed by atoms with Crippen molar-refractivity contribution in [2.75, 3.05) is 0 Å². The van der Waals surface area contributed by atoms with Gasteiger partial charge in [0.2, 0.25) is 0 Å². The summed E-state index contributed by atoms with van der Waals surface area (Å²) in [5.41, 5.74) is 0.142. The minimum absolute atomic E-state index is 0.00731. The van der Waals surface area contributed by atoms with Gasteiger partial charge in [0.1, 0.15) is 6.29 Å². The van der Waals surface area contributed by atoms with E-state index in [0.717, 1.165) is 0 Å². The molecule has 14 heavy (non-hydrogen) atoms. The lowest BCUT2D eigenvalue weighted by Gasteiger charge is -2.06. The highest BCUT2D eigenvalue weighted by atomic mass is 35.5. The lowest BCUT2D eigenvalue weighted by molar-refractivity contribution is -0.127. The van der Waals surface area contributed by atoms with Crippen molar-refractivity contribution in [1.29, 1.82) is 0 Å². The van der Waals surface area contributed by atoms with Crippen LogP contribution in [0.25, 0.3) is 0 Å². The maximum atomic E-state index is 12.0. The fourth-order valence-corrected chi connectivity index (χ4v) is 1.34. The van der Waals surface area contributed by atoms with Gasteiger partial charge in [0.05, 0.1) is 6.42 Å². The van der Waals surface area contributed by atoms with Gasteiger partial charge in [-0.15, -0.1) is 0 Å². The largest absolute Gasteiger partial charge is 0.393 e. The molecule has 0 atom stereocenters. The van der Waals surface area contributed by atoms with Gasteiger partial charge in [-0.25, -0.2) is 0 Å². The van der Waals surface area contributed by atoms with Crippen molar-refractivity contribution in [3.05, 3.63) is 34.3 Å². The van der Waals surface area contributed by atoms with E-state index in [1.165, 1.54) is 18.2 Å². The van der Waals surface area contributed by atoms with E-state index < -0.39 is 12.6 Å². The summed E-state index contributed by atoms with van der Waals surface area (Å²) in [6.45, 7) is 0. The summed E-state index contributed by atoms with van der Waals surface area (Å²) >= 11 is 5.53. The molecule has 0 N–H and O–H groups in total. The molecule has 0 spiro atoms. The quantitative estimate of drug-likeness (QED) is 0.702. The Morgan fingerprint density at radius 3 is 2.43 bits per heavy atom. The monoisotopic (exact) mass is 222 g/mol. The first-order valence-corrected chi connectivity index (χ1v) is 4.10. The molecule has 0 bridgehead atoms. The Morgan fingerprint density at radius 1 is 1.29 bits per heavy atom. The molecule has 1 nitrogen and oxygen atoms in total. The summed E-state index contributed by atoms with van der Waals surface area (Å²) < 4.78 is 35.9. The average Bonchev–Trinajstić information content (AvgIpc) is 1.99. The van der Waals surface area contributed by atoms with Crippen molar-refractivity contribution in [3.63, 3.8) is 0 Å². The summed E-state index contributed by atoms with van der Waals surface area (Å²) in [4.78, 5) is 10.3. The highest BCUT2D eigenvalue weighted by molar-refractivity contribution is 6.30. The van der Waals surface area contributed by atoms with Crippen LogP contribution < -0.4 is 0 Å². The number of rotatable bonds is 2. The van der Waals surface area contributed by atoms with Crippen LogP contribution >= 0.6 is 11.6 Å². The molecule has 0 saturated carbocycles. The van der Waals surface area contributed by atoms with Crippen molar-refractivity contribution >= 4 is 17.9 Å². The normalized spacial score (nSPS) is 11.4. The van der Waals surface area contributed by atoms with Crippen molar-refractivity contribution in [2.45, 2.75) is 12.6 Å². The van der Waals surface area contributed by atoms with Gasteiger partial charge in [-0.1, -0.05) is 11.6 Å². The Bertz CT molecular complexity index is 346. The highest BCUT2D eigenvalue weighted by Crippen LogP contribution is 2.23. The first-order valence-electron chi connectivity index (χ1n) is 3.72. The predicted molar refractivity (Wildman–Crippen MR) is 46.6 cm³/mol. The molecule has 0 saturated heterocycles. The van der Waals surface area contributed by atoms with Crippen LogP contribution in [0.15, 0.2) is 18.2 Å². The number of carbonyl (C=O) groups excluding carboxylic acids is 1. The van der Waals surface area contributed by atoms with Crippen LogP contribution in [0, 0.1) is 0 Å². The molecule has 0 aliphatic rings. The van der Waals surface area contributed by atoms with Crippen LogP contribution in [0.5, 0.6) is 0 Å². The summed E-state index contributed by atoms with van der Waals surface area (Å²) in [5.74, 6) is 0. The Kier molecular flexibility index (Phi) is 3.16. The number of alkyl halides is 3. The molecule has 1 aromatic rings. The van der Waals surface area contributed by atoms with Crippen LogP contribution in [-0.4, -0.2) is 12.5 Å². The van der Waals surface area contributed by atoms with E-state index in [0.29, 0.717) is 6.29 Å². The SMILES string of the molecule is O=Cc1cc(Cl)cc(CC(F)(F)F)c1. The number of hydrogen-bond acceptors (Lipinski definition) is 1. The van der Waals surface area contributed by atoms with Crippen molar-refractivity contribution in [3.8, 4) is 0 Å². The van der Waals surface area contributed by atoms with E-state index in [1.54, 1.807) is 0 Å². The molecule has 5 heteroatoms. The molecule has 1 aromatic carbocycles. The minimum atomic E-state index is -4.29. The van der Waals surface area contributed by atoms with Crippen LogP contribution in [-0.2, 0) is 6.42 Å². The molecule has 0 fully saturated rings. The Labute approximate surface area is 83.5 Å². The fraction of sp³-hybridized carbons (Fsp3) is 0.222. The lowest BCUT2D eigenvalue weighted by atomic mass is 10.1. The third kappa shape index (κ3) is 3.38. The van der Waals surface area contributed by atoms with Gasteiger partial charge in [0.15, 0.2) is 0 Å². The first-order chi connectivity index (χ1) is 6.40. The van der Waals surface area contributed by atoms with Gasteiger partial charge in [0, 0.05) is 10.6 Å². The maximum Gasteiger partial charge on any atom is 0.393 e. The summed E-state index contributed by atoms with van der Waals surface area (Å²) in [5, 5.41) is 0.133. The van der Waals surface area contributed by atoms with E-state index in [1.807, 2.05) is 0 Å². The molecule has 0 amide bonds. The molecule has 0 aliphatic heterocycles. The van der Waals surface area contributed by atoms with E-state index >= 15 is 0 Å². The van der Waals surface area contributed by atoms with E-state index in [-0.39, 0.29) is 16.1 Å². The zero-order chi connectivity index (χ0) is 10.8. The topological polar surface area (TPSA) is 17.1 Å². The highest BCUT2D eigenvalue weighted by Gasteiger charge is 2.27. The van der Waals surface area contributed by atoms with Gasteiger partial charge < -0.3 is 0 Å². The van der Waals surface area contributed by atoms with Crippen molar-refractivity contribution < 1.29 is 18.0 Å². The second-order valence-corrected chi connectivity index (χ2v) is 3.24. The summed E-state index contributed by atoms with van der Waals surface area (Å²) in [7, 11) is 0. The standard InChI is InChI=1S/C9H6ClF3O/c10-8-2-6(4-9(11,12)13)1-7(3-8)5-14/h1-3,5H,4H2. The predicted octanol–water partition coefficient (Wildman–Crippen LogP) is 3.26. The van der Waals surface area contributed by atoms with Crippen LogP contribution in [0.4, 0.5) is 13.2 Å².